The van der Waals surface area contributed by atoms with Crippen molar-refractivity contribution < 1.29 is 19.8 Å². The average Bonchev–Trinajstić information content (AvgIpc) is 3.55. The Morgan fingerprint density at radius 3 is 1.31 bits per heavy atom. The number of hydrogen-bond acceptors (Lipinski definition) is 6. The third-order valence-electron chi connectivity index (χ3n) is 4.40. The molecule has 0 aliphatic heterocycles. The zero-order valence-corrected chi connectivity index (χ0v) is 23.8. The molecule has 0 atom stereocenters. The van der Waals surface area contributed by atoms with Crippen molar-refractivity contribution in [2.24, 2.45) is 14.1 Å². The van der Waals surface area contributed by atoms with Crippen LogP contribution in [0.15, 0.2) is 111 Å². The Labute approximate surface area is 227 Å². The Hall–Kier alpha value is -3.53. The van der Waals surface area contributed by atoms with E-state index in [9.17, 15) is 0 Å². The van der Waals surface area contributed by atoms with Crippen molar-refractivity contribution in [1.82, 2.24) is 39.0 Å². The third-order valence-corrected chi connectivity index (χ3v) is 4.40. The Balaban J connectivity index is 0.000000268. The molecule has 8 nitrogen and oxygen atoms in total. The third kappa shape index (κ3) is 14.7. The van der Waals surface area contributed by atoms with Crippen LogP contribution in [-0.2, 0) is 47.0 Å². The van der Waals surface area contributed by atoms with Crippen LogP contribution in [0.1, 0.15) is 17.1 Å². The number of rotatable bonds is 4. The van der Waals surface area contributed by atoms with Gasteiger partial charge in [0.25, 0.3) is 0 Å². The Bertz CT molecular complexity index is 1050. The fourth-order valence-corrected chi connectivity index (χ4v) is 2.69. The molecule has 1 radical (unpaired) electrons. The molecule has 5 rings (SSSR count). The molecule has 0 aliphatic rings. The van der Waals surface area contributed by atoms with Crippen molar-refractivity contribution in [3.05, 3.63) is 128 Å². The molecule has 0 N–H and O–H groups in total. The number of aromatic nitrogens is 7. The van der Waals surface area contributed by atoms with Gasteiger partial charge in [-0.2, -0.15) is 0 Å². The first-order valence-electron chi connectivity index (χ1n) is 11.2. The minimum atomic E-state index is 0. The second-order valence-corrected chi connectivity index (χ2v) is 7.74. The first-order valence-corrected chi connectivity index (χ1v) is 11.2. The molecule has 5 aromatic heterocycles. The van der Waals surface area contributed by atoms with E-state index < -0.39 is 0 Å². The first-order chi connectivity index (χ1) is 17.0. The van der Waals surface area contributed by atoms with Gasteiger partial charge in [-0.25, -0.2) is 9.97 Å². The summed E-state index contributed by atoms with van der Waals surface area (Å²) in [4.78, 5) is 22.3. The van der Waals surface area contributed by atoms with Crippen molar-refractivity contribution in [1.29, 1.82) is 0 Å². The van der Waals surface area contributed by atoms with Crippen molar-refractivity contribution in [2.45, 2.75) is 20.0 Å². The summed E-state index contributed by atoms with van der Waals surface area (Å²) in [5.41, 5.74) is 3.24. The van der Waals surface area contributed by atoms with Crippen molar-refractivity contribution >= 4 is 0 Å². The van der Waals surface area contributed by atoms with E-state index in [1.165, 1.54) is 0 Å². The number of aryl methyl sites for hydroxylation is 3. The SMILES string of the molecule is CN(Cc1ccccn1)Cc1ccccn1.Cc1ccccn1.Cn1ccnc1.Cn1ccnc1.[Os+]. The Kier molecular flexibility index (Phi) is 15.9. The molecule has 0 saturated carbocycles. The smallest absolute Gasteiger partial charge is 0.341 e. The number of imidazole rings is 2. The Morgan fingerprint density at radius 1 is 0.639 bits per heavy atom. The molecule has 9 heteroatoms. The molecule has 0 aliphatic carbocycles. The van der Waals surface area contributed by atoms with Crippen LogP contribution in [0.3, 0.4) is 0 Å². The fraction of sp³-hybridized carbons (Fsp3) is 0.222. The second kappa shape index (κ2) is 18.8. The summed E-state index contributed by atoms with van der Waals surface area (Å²) in [7, 11) is 5.95. The number of hydrogen-bond donors (Lipinski definition) is 0. The summed E-state index contributed by atoms with van der Waals surface area (Å²) in [6.07, 6.45) is 16.2. The molecule has 0 aromatic carbocycles. The summed E-state index contributed by atoms with van der Waals surface area (Å²) in [5, 5.41) is 0. The first kappa shape index (κ1) is 30.5. The molecule has 189 valence electrons. The van der Waals surface area contributed by atoms with Crippen LogP contribution >= 0.6 is 0 Å². The van der Waals surface area contributed by atoms with Crippen LogP contribution in [0.5, 0.6) is 0 Å². The van der Waals surface area contributed by atoms with E-state index in [1.54, 1.807) is 31.2 Å². The predicted molar refractivity (Wildman–Crippen MR) is 139 cm³/mol. The van der Waals surface area contributed by atoms with Gasteiger partial charge in [-0.05, 0) is 50.4 Å². The van der Waals surface area contributed by atoms with Crippen molar-refractivity contribution in [3.63, 3.8) is 0 Å². The fourth-order valence-electron chi connectivity index (χ4n) is 2.69. The zero-order valence-electron chi connectivity index (χ0n) is 21.2. The van der Waals surface area contributed by atoms with Gasteiger partial charge in [0.2, 0.25) is 0 Å². The van der Waals surface area contributed by atoms with Crippen LogP contribution in [0.4, 0.5) is 0 Å². The van der Waals surface area contributed by atoms with E-state index in [0.29, 0.717) is 0 Å². The summed E-state index contributed by atoms with van der Waals surface area (Å²) >= 11 is 0. The van der Waals surface area contributed by atoms with Gasteiger partial charge in [-0.1, -0.05) is 18.2 Å². The molecular formula is C27H34N8Os+. The molecule has 0 spiro atoms. The van der Waals surface area contributed by atoms with Gasteiger partial charge in [0, 0.05) is 76.3 Å². The van der Waals surface area contributed by atoms with E-state index in [0.717, 1.165) is 30.2 Å². The maximum atomic E-state index is 4.30. The number of nitrogens with zero attached hydrogens (tertiary/aromatic N) is 8. The zero-order chi connectivity index (χ0) is 25.1. The maximum absolute atomic E-state index is 4.30. The quantitative estimate of drug-likeness (QED) is 0.286. The van der Waals surface area contributed by atoms with Crippen LogP contribution < -0.4 is 0 Å². The standard InChI is InChI=1S/C13H15N3.C6H7N.2C4H6N2.Os/c1-16(10-12-6-2-4-8-14-12)11-13-7-3-5-9-15-13;1-6-4-2-3-5-7-6;2*1-6-3-2-5-4-6;/h2-9H,10-11H2,1H3;2-5H,1H3;2*2-4H,1H3;/q;;;;+1. The summed E-state index contributed by atoms with van der Waals surface area (Å²) < 4.78 is 3.78. The number of pyridine rings is 3. The van der Waals surface area contributed by atoms with E-state index in [-0.39, 0.29) is 19.8 Å². The minimum absolute atomic E-state index is 0. The molecule has 36 heavy (non-hydrogen) atoms. The van der Waals surface area contributed by atoms with E-state index >= 15 is 0 Å². The van der Waals surface area contributed by atoms with Gasteiger partial charge in [-0.15, -0.1) is 0 Å². The summed E-state index contributed by atoms with van der Waals surface area (Å²) in [6.45, 7) is 3.66. The molecule has 5 heterocycles. The maximum Gasteiger partial charge on any atom is 1.00 e. The predicted octanol–water partition coefficient (Wildman–Crippen LogP) is 4.34. The second-order valence-electron chi connectivity index (χ2n) is 7.74. The monoisotopic (exact) mass is 662 g/mol. The summed E-state index contributed by atoms with van der Waals surface area (Å²) in [5.74, 6) is 0. The van der Waals surface area contributed by atoms with Gasteiger partial charge >= 0.3 is 19.8 Å². The van der Waals surface area contributed by atoms with Crippen LogP contribution in [-0.4, -0.2) is 46.0 Å². The molecule has 0 amide bonds. The van der Waals surface area contributed by atoms with Crippen molar-refractivity contribution in [3.8, 4) is 0 Å². The Morgan fingerprint density at radius 2 is 1.08 bits per heavy atom. The normalized spacial score (nSPS) is 9.36. The molecule has 0 saturated heterocycles. The van der Waals surface area contributed by atoms with E-state index in [1.807, 2.05) is 110 Å². The molecular weight excluding hydrogens is 627 g/mol. The van der Waals surface area contributed by atoms with Gasteiger partial charge in [0.15, 0.2) is 0 Å². The molecule has 5 aromatic rings. The van der Waals surface area contributed by atoms with E-state index in [4.69, 9.17) is 0 Å². The van der Waals surface area contributed by atoms with E-state index in [2.05, 4.69) is 36.9 Å². The van der Waals surface area contributed by atoms with Gasteiger partial charge in [-0.3, -0.25) is 19.9 Å². The van der Waals surface area contributed by atoms with Gasteiger partial charge in [0.05, 0.1) is 24.0 Å². The molecule has 0 bridgehead atoms. The van der Waals surface area contributed by atoms with Gasteiger partial charge in [0.1, 0.15) is 0 Å². The summed E-state index contributed by atoms with van der Waals surface area (Å²) in [6, 6.07) is 17.8. The van der Waals surface area contributed by atoms with Crippen LogP contribution in [0.2, 0.25) is 0 Å². The average molecular weight is 661 g/mol. The molecule has 0 fully saturated rings. The minimum Gasteiger partial charge on any atom is -0.341 e. The molecule has 0 unspecified atom stereocenters. The van der Waals surface area contributed by atoms with Crippen LogP contribution in [0.25, 0.3) is 0 Å². The topological polar surface area (TPSA) is 77.5 Å². The van der Waals surface area contributed by atoms with Crippen molar-refractivity contribution in [2.75, 3.05) is 7.05 Å². The largest absolute Gasteiger partial charge is 1.00 e. The van der Waals surface area contributed by atoms with Gasteiger partial charge < -0.3 is 9.13 Å². The van der Waals surface area contributed by atoms with Crippen LogP contribution in [0, 0.1) is 6.92 Å².